The summed E-state index contributed by atoms with van der Waals surface area (Å²) in [5.41, 5.74) is 0. The number of carbonyl (C=O) groups is 2. The van der Waals surface area contributed by atoms with Crippen molar-refractivity contribution in [2.24, 2.45) is 0 Å². The Balaban J connectivity index is 3.32. The van der Waals surface area contributed by atoms with Crippen LogP contribution >= 0.6 is 0 Å². The summed E-state index contributed by atoms with van der Waals surface area (Å²) in [5, 5.41) is 5.66. The van der Waals surface area contributed by atoms with Crippen molar-refractivity contribution in [3.05, 3.63) is 0 Å². The maximum Gasteiger partial charge on any atom is 0.306 e. The number of nitrogens with one attached hydrogen (secondary N) is 2. The molecule has 0 aromatic heterocycles. The van der Waals surface area contributed by atoms with E-state index >= 15 is 0 Å². The lowest BCUT2D eigenvalue weighted by molar-refractivity contribution is -0.148. The first-order valence-corrected chi connectivity index (χ1v) is 7.32. The van der Waals surface area contributed by atoms with Crippen molar-refractivity contribution in [1.82, 2.24) is 10.6 Å². The summed E-state index contributed by atoms with van der Waals surface area (Å²) < 4.78 is 15.5. The van der Waals surface area contributed by atoms with Crippen molar-refractivity contribution >= 4 is 11.9 Å². The van der Waals surface area contributed by atoms with Crippen molar-refractivity contribution in [1.29, 1.82) is 0 Å². The molecule has 0 unspecified atom stereocenters. The lowest BCUT2D eigenvalue weighted by Gasteiger charge is -2.08. The first-order valence-electron chi connectivity index (χ1n) is 7.32. The molecule has 0 aliphatic rings. The largest absolute Gasteiger partial charge is 0.463 e. The van der Waals surface area contributed by atoms with Gasteiger partial charge in [0.2, 0.25) is 5.91 Å². The summed E-state index contributed by atoms with van der Waals surface area (Å²) in [6, 6.07) is 0. The van der Waals surface area contributed by atoms with Gasteiger partial charge in [0.15, 0.2) is 0 Å². The molecule has 0 saturated carbocycles. The quantitative estimate of drug-likeness (QED) is 0.370. The van der Waals surface area contributed by atoms with Gasteiger partial charge in [0.1, 0.15) is 0 Å². The summed E-state index contributed by atoms with van der Waals surface area (Å²) in [5.74, 6) is -0.528. The van der Waals surface area contributed by atoms with Gasteiger partial charge in [-0.2, -0.15) is 0 Å². The van der Waals surface area contributed by atoms with Gasteiger partial charge in [0.05, 0.1) is 39.0 Å². The summed E-state index contributed by atoms with van der Waals surface area (Å²) in [7, 11) is 1.87. The SMILES string of the molecule is CNCCOCCOCCNC(=O)CCC(=O)OC(C)C. The molecular formula is C14H28N2O5. The predicted octanol–water partition coefficient (Wildman–Crippen LogP) is 0.0870. The zero-order valence-electron chi connectivity index (χ0n) is 13.3. The Kier molecular flexibility index (Phi) is 13.0. The number of likely N-dealkylation sites (N-methyl/N-ethyl adjacent to an activating group) is 1. The molecule has 0 bridgehead atoms. The Bertz CT molecular complexity index is 285. The molecule has 0 atom stereocenters. The maximum atomic E-state index is 11.4. The van der Waals surface area contributed by atoms with Crippen LogP contribution in [0, 0.1) is 0 Å². The normalized spacial score (nSPS) is 10.7. The van der Waals surface area contributed by atoms with E-state index in [1.807, 2.05) is 7.05 Å². The molecule has 0 aliphatic heterocycles. The Morgan fingerprint density at radius 3 is 2.14 bits per heavy atom. The molecule has 7 heteroatoms. The number of hydrogen-bond donors (Lipinski definition) is 2. The van der Waals surface area contributed by atoms with Gasteiger partial charge in [-0.1, -0.05) is 0 Å². The highest BCUT2D eigenvalue weighted by Crippen LogP contribution is 1.96. The molecule has 0 aliphatic carbocycles. The van der Waals surface area contributed by atoms with Crippen LogP contribution in [0.3, 0.4) is 0 Å². The highest BCUT2D eigenvalue weighted by molar-refractivity contribution is 5.81. The van der Waals surface area contributed by atoms with E-state index in [1.54, 1.807) is 13.8 Å². The molecule has 0 spiro atoms. The van der Waals surface area contributed by atoms with Crippen LogP contribution in [-0.4, -0.2) is 64.5 Å². The number of ether oxygens (including phenoxy) is 3. The van der Waals surface area contributed by atoms with Gasteiger partial charge in [-0.25, -0.2) is 0 Å². The highest BCUT2D eigenvalue weighted by Gasteiger charge is 2.08. The molecular weight excluding hydrogens is 276 g/mol. The summed E-state index contributed by atoms with van der Waals surface area (Å²) in [4.78, 5) is 22.7. The molecule has 124 valence electrons. The van der Waals surface area contributed by atoms with Gasteiger partial charge in [0.25, 0.3) is 0 Å². The van der Waals surface area contributed by atoms with Crippen molar-refractivity contribution in [3.63, 3.8) is 0 Å². The van der Waals surface area contributed by atoms with Crippen LogP contribution < -0.4 is 10.6 Å². The number of esters is 1. The molecule has 0 aromatic carbocycles. The zero-order valence-corrected chi connectivity index (χ0v) is 13.3. The molecule has 0 aromatic rings. The topological polar surface area (TPSA) is 85.9 Å². The number of amides is 1. The van der Waals surface area contributed by atoms with Crippen LogP contribution in [0.5, 0.6) is 0 Å². The van der Waals surface area contributed by atoms with E-state index in [0.717, 1.165) is 6.54 Å². The van der Waals surface area contributed by atoms with E-state index in [2.05, 4.69) is 10.6 Å². The summed E-state index contributed by atoms with van der Waals surface area (Å²) in [6.07, 6.45) is 0.0901. The van der Waals surface area contributed by atoms with Crippen LogP contribution in [0.4, 0.5) is 0 Å². The Labute approximate surface area is 126 Å². The third-order valence-corrected chi connectivity index (χ3v) is 2.36. The molecule has 0 fully saturated rings. The molecule has 7 nitrogen and oxygen atoms in total. The summed E-state index contributed by atoms with van der Waals surface area (Å²) in [6.45, 7) is 6.91. The molecule has 0 rings (SSSR count). The van der Waals surface area contributed by atoms with E-state index in [-0.39, 0.29) is 30.8 Å². The lowest BCUT2D eigenvalue weighted by Crippen LogP contribution is -2.28. The van der Waals surface area contributed by atoms with E-state index in [4.69, 9.17) is 14.2 Å². The molecule has 0 saturated heterocycles. The second kappa shape index (κ2) is 13.8. The van der Waals surface area contributed by atoms with Gasteiger partial charge >= 0.3 is 5.97 Å². The Morgan fingerprint density at radius 2 is 1.57 bits per heavy atom. The van der Waals surface area contributed by atoms with Crippen LogP contribution in [0.2, 0.25) is 0 Å². The van der Waals surface area contributed by atoms with Crippen molar-refractivity contribution in [3.8, 4) is 0 Å². The molecule has 2 N–H and O–H groups in total. The van der Waals surface area contributed by atoms with E-state index in [0.29, 0.717) is 33.0 Å². The average molecular weight is 304 g/mol. The van der Waals surface area contributed by atoms with Crippen molar-refractivity contribution < 1.29 is 23.8 Å². The van der Waals surface area contributed by atoms with Crippen LogP contribution in [-0.2, 0) is 23.8 Å². The second-order valence-electron chi connectivity index (χ2n) is 4.72. The minimum Gasteiger partial charge on any atom is -0.463 e. The van der Waals surface area contributed by atoms with E-state index in [9.17, 15) is 9.59 Å². The molecule has 0 radical (unpaired) electrons. The van der Waals surface area contributed by atoms with Gasteiger partial charge in [-0.3, -0.25) is 9.59 Å². The van der Waals surface area contributed by atoms with E-state index < -0.39 is 0 Å². The predicted molar refractivity (Wildman–Crippen MR) is 79.0 cm³/mol. The highest BCUT2D eigenvalue weighted by atomic mass is 16.5. The molecule has 21 heavy (non-hydrogen) atoms. The lowest BCUT2D eigenvalue weighted by atomic mass is 10.3. The van der Waals surface area contributed by atoms with Crippen molar-refractivity contribution in [2.45, 2.75) is 32.8 Å². The van der Waals surface area contributed by atoms with Gasteiger partial charge in [-0.15, -0.1) is 0 Å². The van der Waals surface area contributed by atoms with Crippen LogP contribution in [0.25, 0.3) is 0 Å². The molecule has 0 heterocycles. The minimum absolute atomic E-state index is 0.101. The minimum atomic E-state index is -0.352. The first kappa shape index (κ1) is 19.8. The van der Waals surface area contributed by atoms with Crippen LogP contribution in [0.15, 0.2) is 0 Å². The second-order valence-corrected chi connectivity index (χ2v) is 4.72. The number of carbonyl (C=O) groups excluding carboxylic acids is 2. The monoisotopic (exact) mass is 304 g/mol. The van der Waals surface area contributed by atoms with Gasteiger partial charge in [0, 0.05) is 19.5 Å². The Hall–Kier alpha value is -1.18. The fourth-order valence-corrected chi connectivity index (χ4v) is 1.38. The number of rotatable bonds is 13. The fourth-order valence-electron chi connectivity index (χ4n) is 1.38. The Morgan fingerprint density at radius 1 is 0.952 bits per heavy atom. The third-order valence-electron chi connectivity index (χ3n) is 2.36. The number of hydrogen-bond acceptors (Lipinski definition) is 6. The smallest absolute Gasteiger partial charge is 0.306 e. The third kappa shape index (κ3) is 15.0. The van der Waals surface area contributed by atoms with Crippen LogP contribution in [0.1, 0.15) is 26.7 Å². The standard InChI is InChI=1S/C14H28N2O5/c1-12(2)21-14(18)5-4-13(17)16-7-9-20-11-10-19-8-6-15-3/h12,15H,4-11H2,1-3H3,(H,16,17). The summed E-state index contributed by atoms with van der Waals surface area (Å²) >= 11 is 0. The first-order chi connectivity index (χ1) is 10.1. The van der Waals surface area contributed by atoms with Gasteiger partial charge < -0.3 is 24.8 Å². The fraction of sp³-hybridized carbons (Fsp3) is 0.857. The van der Waals surface area contributed by atoms with Gasteiger partial charge in [-0.05, 0) is 20.9 Å². The maximum absolute atomic E-state index is 11.4. The molecule has 1 amide bonds. The van der Waals surface area contributed by atoms with Crippen molar-refractivity contribution in [2.75, 3.05) is 46.6 Å². The average Bonchev–Trinajstić information content (AvgIpc) is 2.42. The van der Waals surface area contributed by atoms with E-state index in [1.165, 1.54) is 0 Å². The zero-order chi connectivity index (χ0) is 15.9.